The minimum atomic E-state index is -2.97. The highest BCUT2D eigenvalue weighted by molar-refractivity contribution is 7.90. The van der Waals surface area contributed by atoms with E-state index in [0.29, 0.717) is 25.2 Å². The van der Waals surface area contributed by atoms with Crippen LogP contribution >= 0.6 is 0 Å². The van der Waals surface area contributed by atoms with Crippen molar-refractivity contribution in [3.63, 3.8) is 0 Å². The van der Waals surface area contributed by atoms with E-state index in [1.807, 2.05) is 4.90 Å². The largest absolute Gasteiger partial charge is 0.387 e. The lowest BCUT2D eigenvalue weighted by molar-refractivity contribution is 0.146. The number of halogens is 1. The van der Waals surface area contributed by atoms with Gasteiger partial charge in [-0.05, 0) is 25.6 Å². The van der Waals surface area contributed by atoms with E-state index >= 15 is 0 Å². The van der Waals surface area contributed by atoms with Crippen LogP contribution < -0.4 is 0 Å². The molecule has 0 amide bonds. The Morgan fingerprint density at radius 1 is 1.42 bits per heavy atom. The predicted molar refractivity (Wildman–Crippen MR) is 71.0 cm³/mol. The Labute approximate surface area is 113 Å². The van der Waals surface area contributed by atoms with Crippen molar-refractivity contribution in [2.45, 2.75) is 12.5 Å². The molecule has 1 aromatic heterocycles. The summed E-state index contributed by atoms with van der Waals surface area (Å²) in [5, 5.41) is 9.86. The van der Waals surface area contributed by atoms with Gasteiger partial charge >= 0.3 is 0 Å². The summed E-state index contributed by atoms with van der Waals surface area (Å²) in [4.78, 5) is 5.63. The van der Waals surface area contributed by atoms with E-state index in [4.69, 9.17) is 0 Å². The lowest BCUT2D eigenvalue weighted by atomic mass is 10.1. The molecule has 0 aliphatic carbocycles. The zero-order valence-electron chi connectivity index (χ0n) is 11.1. The van der Waals surface area contributed by atoms with Crippen molar-refractivity contribution < 1.29 is 17.9 Å². The van der Waals surface area contributed by atoms with E-state index in [1.165, 1.54) is 18.4 Å². The number of nitrogens with zero attached hydrogens (tertiary/aromatic N) is 2. The van der Waals surface area contributed by atoms with Gasteiger partial charge < -0.3 is 10.0 Å². The van der Waals surface area contributed by atoms with Crippen LogP contribution in [0.5, 0.6) is 0 Å². The van der Waals surface area contributed by atoms with Crippen molar-refractivity contribution in [1.29, 1.82) is 0 Å². The minimum absolute atomic E-state index is 0.0917. The molecule has 7 heteroatoms. The number of rotatable bonds is 7. The predicted octanol–water partition coefficient (Wildman–Crippen LogP) is 0.621. The number of pyridine rings is 1. The summed E-state index contributed by atoms with van der Waals surface area (Å²) < 4.78 is 34.7. The van der Waals surface area contributed by atoms with Crippen molar-refractivity contribution in [3.05, 3.63) is 29.8 Å². The van der Waals surface area contributed by atoms with Gasteiger partial charge in [-0.3, -0.25) is 4.98 Å². The molecule has 0 radical (unpaired) electrons. The lowest BCUT2D eigenvalue weighted by Crippen LogP contribution is -2.27. The maximum absolute atomic E-state index is 12.7. The SMILES string of the molecule is CN(CCC(O)c1ccc(F)cn1)CCS(C)(=O)=O. The molecule has 0 spiro atoms. The van der Waals surface area contributed by atoms with Gasteiger partial charge in [-0.1, -0.05) is 0 Å². The highest BCUT2D eigenvalue weighted by Crippen LogP contribution is 2.14. The zero-order valence-corrected chi connectivity index (χ0v) is 11.9. The van der Waals surface area contributed by atoms with Gasteiger partial charge in [0.05, 0.1) is 23.7 Å². The lowest BCUT2D eigenvalue weighted by Gasteiger charge is -2.18. The first-order valence-electron chi connectivity index (χ1n) is 5.94. The van der Waals surface area contributed by atoms with E-state index in [2.05, 4.69) is 4.98 Å². The fourth-order valence-electron chi connectivity index (χ4n) is 1.51. The summed E-state index contributed by atoms with van der Waals surface area (Å²) >= 11 is 0. The van der Waals surface area contributed by atoms with E-state index in [0.717, 1.165) is 6.20 Å². The summed E-state index contributed by atoms with van der Waals surface area (Å²) in [6.07, 6.45) is 1.89. The average Bonchev–Trinajstić information content (AvgIpc) is 2.33. The van der Waals surface area contributed by atoms with Crippen molar-refractivity contribution >= 4 is 9.84 Å². The number of aliphatic hydroxyl groups excluding tert-OH is 1. The van der Waals surface area contributed by atoms with Crippen LogP contribution in [0.1, 0.15) is 18.2 Å². The first-order chi connectivity index (χ1) is 8.78. The van der Waals surface area contributed by atoms with Gasteiger partial charge in [-0.2, -0.15) is 0 Å². The van der Waals surface area contributed by atoms with Crippen LogP contribution in [0.25, 0.3) is 0 Å². The molecule has 1 aromatic rings. The maximum Gasteiger partial charge on any atom is 0.148 e. The molecule has 0 fully saturated rings. The van der Waals surface area contributed by atoms with Crippen LogP contribution in [0.3, 0.4) is 0 Å². The van der Waals surface area contributed by atoms with Crippen LogP contribution in [0.2, 0.25) is 0 Å². The van der Waals surface area contributed by atoms with Gasteiger partial charge in [0, 0.05) is 19.3 Å². The Kier molecular flexibility index (Phi) is 5.84. The Morgan fingerprint density at radius 2 is 2.11 bits per heavy atom. The number of hydrogen-bond donors (Lipinski definition) is 1. The molecular formula is C12H19FN2O3S. The Bertz CT molecular complexity index is 490. The monoisotopic (exact) mass is 290 g/mol. The van der Waals surface area contributed by atoms with Gasteiger partial charge in [0.1, 0.15) is 15.7 Å². The van der Waals surface area contributed by atoms with Crippen LogP contribution in [0.15, 0.2) is 18.3 Å². The van der Waals surface area contributed by atoms with Gasteiger partial charge in [-0.15, -0.1) is 0 Å². The first kappa shape index (κ1) is 16.0. The molecule has 0 saturated heterocycles. The third kappa shape index (κ3) is 6.60. The summed E-state index contributed by atoms with van der Waals surface area (Å²) in [6, 6.07) is 2.69. The molecule has 1 N–H and O–H groups in total. The summed E-state index contributed by atoms with van der Waals surface area (Å²) in [7, 11) is -1.19. The molecule has 5 nitrogen and oxygen atoms in total. The molecule has 1 heterocycles. The van der Waals surface area contributed by atoms with Crippen LogP contribution in [0.4, 0.5) is 4.39 Å². The Hall–Kier alpha value is -1.05. The third-order valence-corrected chi connectivity index (χ3v) is 3.64. The standard InChI is InChI=1S/C12H19FN2O3S/c1-15(7-8-19(2,17)18)6-5-12(16)11-4-3-10(13)9-14-11/h3-4,9,12,16H,5-8H2,1-2H3. The minimum Gasteiger partial charge on any atom is -0.387 e. The molecule has 1 rings (SSSR count). The number of aromatic nitrogens is 1. The molecule has 1 atom stereocenters. The molecule has 0 saturated carbocycles. The second-order valence-corrected chi connectivity index (χ2v) is 6.90. The van der Waals surface area contributed by atoms with Gasteiger partial charge in [0.2, 0.25) is 0 Å². The summed E-state index contributed by atoms with van der Waals surface area (Å²) in [6.45, 7) is 0.956. The quantitative estimate of drug-likeness (QED) is 0.797. The third-order valence-electron chi connectivity index (χ3n) is 2.72. The number of aliphatic hydroxyl groups is 1. The van der Waals surface area contributed by atoms with Crippen LogP contribution in [-0.4, -0.2) is 55.6 Å². The molecule has 108 valence electrons. The second-order valence-electron chi connectivity index (χ2n) is 4.64. The second kappa shape index (κ2) is 6.93. The molecule has 0 aliphatic heterocycles. The topological polar surface area (TPSA) is 70.5 Å². The normalized spacial score (nSPS) is 13.7. The van der Waals surface area contributed by atoms with Crippen LogP contribution in [0, 0.1) is 5.82 Å². The number of hydrogen-bond acceptors (Lipinski definition) is 5. The average molecular weight is 290 g/mol. The molecular weight excluding hydrogens is 271 g/mol. The molecule has 0 aromatic carbocycles. The van der Waals surface area contributed by atoms with Crippen molar-refractivity contribution in [2.75, 3.05) is 32.1 Å². The van der Waals surface area contributed by atoms with Gasteiger partial charge in [-0.25, -0.2) is 12.8 Å². The van der Waals surface area contributed by atoms with Gasteiger partial charge in [0.15, 0.2) is 0 Å². The molecule has 0 aliphatic rings. The molecule has 19 heavy (non-hydrogen) atoms. The fourth-order valence-corrected chi connectivity index (χ4v) is 2.15. The molecule has 0 bridgehead atoms. The molecule has 1 unspecified atom stereocenters. The summed E-state index contributed by atoms with van der Waals surface area (Å²) in [5.74, 6) is -0.352. The zero-order chi connectivity index (χ0) is 14.5. The Morgan fingerprint density at radius 3 is 2.63 bits per heavy atom. The van der Waals surface area contributed by atoms with Crippen molar-refractivity contribution in [2.24, 2.45) is 0 Å². The highest BCUT2D eigenvalue weighted by Gasteiger charge is 2.11. The first-order valence-corrected chi connectivity index (χ1v) is 8.00. The maximum atomic E-state index is 12.7. The van der Waals surface area contributed by atoms with E-state index < -0.39 is 21.8 Å². The highest BCUT2D eigenvalue weighted by atomic mass is 32.2. The van der Waals surface area contributed by atoms with Gasteiger partial charge in [0.25, 0.3) is 0 Å². The van der Waals surface area contributed by atoms with E-state index in [1.54, 1.807) is 7.05 Å². The Balaban J connectivity index is 2.37. The number of sulfone groups is 1. The van der Waals surface area contributed by atoms with Crippen molar-refractivity contribution in [1.82, 2.24) is 9.88 Å². The van der Waals surface area contributed by atoms with E-state index in [-0.39, 0.29) is 5.75 Å². The van der Waals surface area contributed by atoms with Crippen molar-refractivity contribution in [3.8, 4) is 0 Å². The van der Waals surface area contributed by atoms with Crippen LogP contribution in [-0.2, 0) is 9.84 Å². The fraction of sp³-hybridized carbons (Fsp3) is 0.583. The smallest absolute Gasteiger partial charge is 0.148 e. The van der Waals surface area contributed by atoms with E-state index in [9.17, 15) is 17.9 Å². The summed E-state index contributed by atoms with van der Waals surface area (Å²) in [5.41, 5.74) is 0.415.